The second-order valence-corrected chi connectivity index (χ2v) is 4.83. The number of carbonyl (C=O) groups excluding carboxylic acids is 1. The van der Waals surface area contributed by atoms with Crippen molar-refractivity contribution in [3.05, 3.63) is 47.7 Å². The van der Waals surface area contributed by atoms with Crippen LogP contribution in [0.15, 0.2) is 36.5 Å². The zero-order chi connectivity index (χ0) is 12.3. The van der Waals surface area contributed by atoms with Crippen molar-refractivity contribution in [3.63, 3.8) is 0 Å². The minimum Gasteiger partial charge on any atom is -0.383 e. The Balaban J connectivity index is 2.21. The van der Waals surface area contributed by atoms with E-state index in [4.69, 9.17) is 0 Å². The van der Waals surface area contributed by atoms with Gasteiger partial charge in [0, 0.05) is 26.2 Å². The van der Waals surface area contributed by atoms with Crippen molar-refractivity contribution in [2.24, 2.45) is 0 Å². The lowest BCUT2D eigenvalue weighted by atomic mass is 9.80. The van der Waals surface area contributed by atoms with Gasteiger partial charge in [0.05, 0.1) is 0 Å². The van der Waals surface area contributed by atoms with E-state index in [0.717, 1.165) is 19.3 Å². The Morgan fingerprint density at radius 1 is 1.35 bits per heavy atom. The average Bonchev–Trinajstić information content (AvgIpc) is 2.35. The first-order valence-electron chi connectivity index (χ1n) is 6.15. The molecule has 1 aliphatic rings. The average molecular weight is 229 g/mol. The maximum absolute atomic E-state index is 12.2. The van der Waals surface area contributed by atoms with Gasteiger partial charge in [-0.05, 0) is 36.5 Å². The number of ketones is 1. The zero-order valence-corrected chi connectivity index (χ0v) is 10.5. The van der Waals surface area contributed by atoms with Gasteiger partial charge >= 0.3 is 0 Å². The van der Waals surface area contributed by atoms with Crippen LogP contribution in [0.5, 0.6) is 0 Å². The third kappa shape index (κ3) is 2.76. The lowest BCUT2D eigenvalue weighted by molar-refractivity contribution is -0.116. The van der Waals surface area contributed by atoms with E-state index in [-0.39, 0.29) is 11.7 Å². The second kappa shape index (κ2) is 5.17. The van der Waals surface area contributed by atoms with Crippen LogP contribution in [-0.2, 0) is 11.2 Å². The first kappa shape index (κ1) is 11.9. The molecule has 0 saturated carbocycles. The Bertz CT molecular complexity index is 434. The first-order valence-corrected chi connectivity index (χ1v) is 6.15. The molecule has 1 atom stereocenters. The predicted molar refractivity (Wildman–Crippen MR) is 70.0 cm³/mol. The van der Waals surface area contributed by atoms with Crippen LogP contribution in [0.4, 0.5) is 0 Å². The second-order valence-electron chi connectivity index (χ2n) is 4.83. The monoisotopic (exact) mass is 229 g/mol. The topological polar surface area (TPSA) is 20.3 Å². The number of allylic oxidation sites excluding steroid dienone is 1. The first-order chi connectivity index (χ1) is 8.18. The van der Waals surface area contributed by atoms with Crippen molar-refractivity contribution in [3.8, 4) is 0 Å². The maximum Gasteiger partial charge on any atom is 0.164 e. The lowest BCUT2D eigenvalue weighted by Crippen LogP contribution is -2.17. The van der Waals surface area contributed by atoms with Gasteiger partial charge in [-0.25, -0.2) is 0 Å². The quantitative estimate of drug-likeness (QED) is 0.743. The molecule has 0 aliphatic heterocycles. The summed E-state index contributed by atoms with van der Waals surface area (Å²) in [5.74, 6) is 0.294. The van der Waals surface area contributed by atoms with E-state index in [0.29, 0.717) is 0 Å². The van der Waals surface area contributed by atoms with Gasteiger partial charge in [0.15, 0.2) is 5.78 Å². The van der Waals surface area contributed by atoms with E-state index < -0.39 is 0 Å². The molecule has 2 rings (SSSR count). The summed E-state index contributed by atoms with van der Waals surface area (Å²) < 4.78 is 0. The Hall–Kier alpha value is -1.57. The normalized spacial score (nSPS) is 19.1. The number of rotatable bonds is 3. The number of carbonyl (C=O) groups is 1. The third-order valence-corrected chi connectivity index (χ3v) is 3.25. The van der Waals surface area contributed by atoms with Gasteiger partial charge < -0.3 is 4.90 Å². The minimum atomic E-state index is 0.0659. The summed E-state index contributed by atoms with van der Waals surface area (Å²) in [6.07, 6.45) is 6.74. The molecule has 0 bridgehead atoms. The van der Waals surface area contributed by atoms with Crippen LogP contribution in [0.2, 0.25) is 0 Å². The van der Waals surface area contributed by atoms with Gasteiger partial charge in [-0.2, -0.15) is 0 Å². The summed E-state index contributed by atoms with van der Waals surface area (Å²) in [7, 11) is 3.86. The maximum atomic E-state index is 12.2. The number of aryl methyl sites for hydroxylation is 1. The van der Waals surface area contributed by atoms with Gasteiger partial charge in [-0.3, -0.25) is 4.79 Å². The molecule has 2 heteroatoms. The van der Waals surface area contributed by atoms with Gasteiger partial charge in [-0.15, -0.1) is 0 Å². The van der Waals surface area contributed by atoms with Gasteiger partial charge in [0.1, 0.15) is 0 Å². The SMILES string of the molecule is CN(C)C=CC(=O)C1CCCc2ccccc21. The summed E-state index contributed by atoms with van der Waals surface area (Å²) in [5, 5.41) is 0. The summed E-state index contributed by atoms with van der Waals surface area (Å²) in [5.41, 5.74) is 2.57. The molecule has 0 N–H and O–H groups in total. The van der Waals surface area contributed by atoms with Crippen LogP contribution in [0.3, 0.4) is 0 Å². The van der Waals surface area contributed by atoms with E-state index in [1.54, 1.807) is 6.08 Å². The van der Waals surface area contributed by atoms with Crippen molar-refractivity contribution < 1.29 is 4.79 Å². The number of fused-ring (bicyclic) bond motifs is 1. The molecule has 0 aromatic heterocycles. The Morgan fingerprint density at radius 3 is 2.88 bits per heavy atom. The Kier molecular flexibility index (Phi) is 3.62. The molecular weight excluding hydrogens is 210 g/mol. The van der Waals surface area contributed by atoms with Gasteiger partial charge in [-0.1, -0.05) is 24.3 Å². The van der Waals surface area contributed by atoms with Crippen molar-refractivity contribution >= 4 is 5.78 Å². The van der Waals surface area contributed by atoms with E-state index >= 15 is 0 Å². The number of nitrogens with zero attached hydrogens (tertiary/aromatic N) is 1. The molecule has 1 unspecified atom stereocenters. The molecule has 1 aromatic rings. The highest BCUT2D eigenvalue weighted by atomic mass is 16.1. The minimum absolute atomic E-state index is 0.0659. The van der Waals surface area contributed by atoms with Crippen LogP contribution in [0.1, 0.15) is 29.9 Å². The van der Waals surface area contributed by atoms with E-state index in [2.05, 4.69) is 18.2 Å². The summed E-state index contributed by atoms with van der Waals surface area (Å²) in [6, 6.07) is 8.33. The fourth-order valence-electron chi connectivity index (χ4n) is 2.39. The zero-order valence-electron chi connectivity index (χ0n) is 10.5. The molecule has 17 heavy (non-hydrogen) atoms. The fourth-order valence-corrected chi connectivity index (χ4v) is 2.39. The molecule has 2 nitrogen and oxygen atoms in total. The van der Waals surface area contributed by atoms with Gasteiger partial charge in [0.2, 0.25) is 0 Å². The molecular formula is C15H19NO. The van der Waals surface area contributed by atoms with Crippen LogP contribution >= 0.6 is 0 Å². The largest absolute Gasteiger partial charge is 0.383 e. The molecule has 0 saturated heterocycles. The van der Waals surface area contributed by atoms with E-state index in [1.807, 2.05) is 31.3 Å². The lowest BCUT2D eigenvalue weighted by Gasteiger charge is -2.23. The van der Waals surface area contributed by atoms with Crippen molar-refractivity contribution in [1.82, 2.24) is 4.90 Å². The van der Waals surface area contributed by atoms with Crippen LogP contribution in [-0.4, -0.2) is 24.8 Å². The fraction of sp³-hybridized carbons (Fsp3) is 0.400. The van der Waals surface area contributed by atoms with Crippen molar-refractivity contribution in [1.29, 1.82) is 0 Å². The van der Waals surface area contributed by atoms with Crippen LogP contribution in [0, 0.1) is 0 Å². The molecule has 1 aliphatic carbocycles. The summed E-state index contributed by atoms with van der Waals surface area (Å²) >= 11 is 0. The summed E-state index contributed by atoms with van der Waals surface area (Å²) in [4.78, 5) is 14.0. The van der Waals surface area contributed by atoms with Crippen molar-refractivity contribution in [2.75, 3.05) is 14.1 Å². The van der Waals surface area contributed by atoms with E-state index in [9.17, 15) is 4.79 Å². The van der Waals surface area contributed by atoms with Gasteiger partial charge in [0.25, 0.3) is 0 Å². The highest BCUT2D eigenvalue weighted by molar-refractivity contribution is 5.95. The smallest absolute Gasteiger partial charge is 0.164 e. The van der Waals surface area contributed by atoms with E-state index in [1.165, 1.54) is 11.1 Å². The van der Waals surface area contributed by atoms with Crippen LogP contribution in [0.25, 0.3) is 0 Å². The number of benzene rings is 1. The number of hydrogen-bond acceptors (Lipinski definition) is 2. The molecule has 0 heterocycles. The molecule has 1 aromatic carbocycles. The summed E-state index contributed by atoms with van der Waals surface area (Å²) in [6.45, 7) is 0. The van der Waals surface area contributed by atoms with Crippen LogP contribution < -0.4 is 0 Å². The molecule has 0 radical (unpaired) electrons. The molecule has 0 fully saturated rings. The molecule has 90 valence electrons. The molecule has 0 amide bonds. The highest BCUT2D eigenvalue weighted by Gasteiger charge is 2.24. The standard InChI is InChI=1S/C15H19NO/c1-16(2)11-10-15(17)14-9-5-7-12-6-3-4-8-13(12)14/h3-4,6,8,10-11,14H,5,7,9H2,1-2H3. The van der Waals surface area contributed by atoms with Crippen molar-refractivity contribution in [2.45, 2.75) is 25.2 Å². The Labute approximate surface area is 103 Å². The Morgan fingerprint density at radius 2 is 2.12 bits per heavy atom. The highest BCUT2D eigenvalue weighted by Crippen LogP contribution is 2.32. The predicted octanol–water partition coefficient (Wildman–Crippen LogP) is 2.75. The number of hydrogen-bond donors (Lipinski definition) is 0. The molecule has 0 spiro atoms. The third-order valence-electron chi connectivity index (χ3n) is 3.25.